The number of hydrogen-bond acceptors (Lipinski definition) is 6. The molecule has 1 N–H and O–H groups in total. The first-order chi connectivity index (χ1) is 20.6. The molecule has 7 nitrogen and oxygen atoms in total. The molecule has 0 spiro atoms. The molecule has 4 saturated carbocycles. The fraction of sp³-hybridized carbons (Fsp3) is 0.514. The van der Waals surface area contributed by atoms with E-state index in [2.05, 4.69) is 67.8 Å². The number of nitrogens with one attached hydrogen (secondary N) is 1. The van der Waals surface area contributed by atoms with Gasteiger partial charge in [0.15, 0.2) is 11.5 Å². The third kappa shape index (κ3) is 5.76. The zero-order valence-corrected chi connectivity index (χ0v) is 24.8. The lowest BCUT2D eigenvalue weighted by Crippen LogP contribution is -2.51. The van der Waals surface area contributed by atoms with Crippen LogP contribution in [0.5, 0.6) is 5.75 Å². The van der Waals surface area contributed by atoms with Crippen LogP contribution in [0.25, 0.3) is 11.1 Å². The molecule has 3 aromatic rings. The molecule has 220 valence electrons. The Bertz CT molecular complexity index is 1360. The van der Waals surface area contributed by atoms with Gasteiger partial charge in [-0.2, -0.15) is 0 Å². The molecular weight excluding hydrogens is 522 g/mol. The lowest BCUT2D eigenvalue weighted by molar-refractivity contribution is -0.0503. The number of aromatic nitrogens is 2. The van der Waals surface area contributed by atoms with Crippen molar-refractivity contribution >= 4 is 11.7 Å². The van der Waals surface area contributed by atoms with E-state index in [9.17, 15) is 4.79 Å². The quantitative estimate of drug-likeness (QED) is 0.353. The maximum Gasteiger partial charge on any atom is 0.271 e. The van der Waals surface area contributed by atoms with Crippen molar-refractivity contribution in [2.45, 2.75) is 52.0 Å². The first-order valence-electron chi connectivity index (χ1n) is 16.0. The normalized spacial score (nSPS) is 26.8. The monoisotopic (exact) mass is 565 g/mol. The number of rotatable bonds is 9. The highest BCUT2D eigenvalue weighted by molar-refractivity contribution is 5.92. The summed E-state index contributed by atoms with van der Waals surface area (Å²) in [6.45, 7) is 8.03. The Hall–Kier alpha value is -3.45. The summed E-state index contributed by atoms with van der Waals surface area (Å²) in [4.78, 5) is 17.8. The van der Waals surface area contributed by atoms with E-state index >= 15 is 0 Å². The highest BCUT2D eigenvalue weighted by Gasteiger charge is 2.50. The molecule has 1 aliphatic heterocycles. The third-order valence-electron chi connectivity index (χ3n) is 10.2. The van der Waals surface area contributed by atoms with Gasteiger partial charge in [-0.15, -0.1) is 10.2 Å². The molecule has 1 saturated heterocycles. The summed E-state index contributed by atoms with van der Waals surface area (Å²) >= 11 is 0. The van der Waals surface area contributed by atoms with Crippen LogP contribution >= 0.6 is 0 Å². The largest absolute Gasteiger partial charge is 0.494 e. The number of carbonyl (C=O) groups is 1. The van der Waals surface area contributed by atoms with Crippen molar-refractivity contribution in [1.29, 1.82) is 0 Å². The number of benzene rings is 2. The molecule has 1 amide bonds. The third-order valence-corrected chi connectivity index (χ3v) is 10.2. The summed E-state index contributed by atoms with van der Waals surface area (Å²) in [5, 5.41) is 12.1. The number of piperazine rings is 1. The summed E-state index contributed by atoms with van der Waals surface area (Å²) in [6, 6.07) is 20.8. The molecule has 0 unspecified atom stereocenters. The van der Waals surface area contributed by atoms with Crippen molar-refractivity contribution in [3.05, 3.63) is 71.9 Å². The number of ether oxygens (including phenoxy) is 1. The average Bonchev–Trinajstić information content (AvgIpc) is 3.00. The van der Waals surface area contributed by atoms with E-state index in [0.717, 1.165) is 68.6 Å². The summed E-state index contributed by atoms with van der Waals surface area (Å²) in [5.41, 5.74) is 4.51. The van der Waals surface area contributed by atoms with Gasteiger partial charge in [0.2, 0.25) is 0 Å². The Balaban J connectivity index is 0.926. The van der Waals surface area contributed by atoms with Crippen LogP contribution in [0.4, 0.5) is 5.82 Å². The van der Waals surface area contributed by atoms with Gasteiger partial charge in [0.25, 0.3) is 5.91 Å². The van der Waals surface area contributed by atoms with E-state index in [0.29, 0.717) is 17.7 Å². The van der Waals surface area contributed by atoms with Gasteiger partial charge in [-0.25, -0.2) is 0 Å². The predicted octanol–water partition coefficient (Wildman–Crippen LogP) is 5.81. The van der Waals surface area contributed by atoms with Gasteiger partial charge in [0.1, 0.15) is 5.75 Å². The van der Waals surface area contributed by atoms with Crippen LogP contribution < -0.4 is 15.0 Å². The van der Waals surface area contributed by atoms with Crippen LogP contribution in [0.15, 0.2) is 60.7 Å². The van der Waals surface area contributed by atoms with Crippen molar-refractivity contribution in [1.82, 2.24) is 20.4 Å². The highest BCUT2D eigenvalue weighted by Crippen LogP contribution is 2.59. The van der Waals surface area contributed by atoms with E-state index in [1.165, 1.54) is 55.2 Å². The lowest BCUT2D eigenvalue weighted by Gasteiger charge is -2.56. The molecule has 4 aliphatic carbocycles. The Morgan fingerprint density at radius 2 is 1.64 bits per heavy atom. The number of anilines is 1. The zero-order valence-electron chi connectivity index (χ0n) is 24.8. The molecular formula is C35H43N5O2. The first kappa shape index (κ1) is 27.4. The van der Waals surface area contributed by atoms with Gasteiger partial charge >= 0.3 is 0 Å². The smallest absolute Gasteiger partial charge is 0.271 e. The number of carbonyl (C=O) groups excluding carboxylic acids is 1. The maximum absolute atomic E-state index is 13.0. The second kappa shape index (κ2) is 11.7. The number of nitrogens with zero attached hydrogens (tertiary/aromatic N) is 4. The van der Waals surface area contributed by atoms with Crippen LogP contribution in [0, 0.1) is 23.2 Å². The molecule has 2 aromatic carbocycles. The van der Waals surface area contributed by atoms with Gasteiger partial charge in [0.05, 0.1) is 6.61 Å². The van der Waals surface area contributed by atoms with Crippen LogP contribution in [-0.2, 0) is 6.54 Å². The minimum Gasteiger partial charge on any atom is -0.494 e. The standard InChI is InChI=1S/C35H43N5O2/c1-2-42-30-8-5-7-28(19-30)31-9-4-3-6-29(31)23-39-12-14-40(15-13-39)33-11-10-32(37-38-33)34(41)36-24-35-20-25-16-26(21-35)18-27(17-25)22-35/h3-11,19,25-27H,2,12-18,20-24H2,1H3,(H,36,41). The van der Waals surface area contributed by atoms with Gasteiger partial charge in [-0.1, -0.05) is 36.4 Å². The van der Waals surface area contributed by atoms with Gasteiger partial charge < -0.3 is 15.0 Å². The maximum atomic E-state index is 13.0. The molecule has 0 atom stereocenters. The Kier molecular flexibility index (Phi) is 7.61. The average molecular weight is 566 g/mol. The van der Waals surface area contributed by atoms with Crippen LogP contribution in [-0.4, -0.2) is 60.3 Å². The van der Waals surface area contributed by atoms with Gasteiger partial charge in [-0.05, 0) is 110 Å². The summed E-state index contributed by atoms with van der Waals surface area (Å²) in [6.07, 6.45) is 8.15. The van der Waals surface area contributed by atoms with E-state index in [1.807, 2.05) is 25.1 Å². The van der Waals surface area contributed by atoms with Crippen molar-refractivity contribution < 1.29 is 9.53 Å². The van der Waals surface area contributed by atoms with Gasteiger partial charge in [-0.3, -0.25) is 9.69 Å². The van der Waals surface area contributed by atoms with Crippen molar-refractivity contribution in [2.24, 2.45) is 23.2 Å². The van der Waals surface area contributed by atoms with Crippen molar-refractivity contribution in [3.63, 3.8) is 0 Å². The van der Waals surface area contributed by atoms with Crippen LogP contribution in [0.2, 0.25) is 0 Å². The Labute approximate surface area is 249 Å². The summed E-state index contributed by atoms with van der Waals surface area (Å²) < 4.78 is 5.74. The van der Waals surface area contributed by atoms with Crippen molar-refractivity contribution in [2.75, 3.05) is 44.2 Å². The van der Waals surface area contributed by atoms with Crippen LogP contribution in [0.1, 0.15) is 61.5 Å². The zero-order chi connectivity index (χ0) is 28.5. The number of hydrogen-bond donors (Lipinski definition) is 1. The summed E-state index contributed by atoms with van der Waals surface area (Å²) in [7, 11) is 0. The van der Waals surface area contributed by atoms with E-state index in [1.54, 1.807) is 0 Å². The lowest BCUT2D eigenvalue weighted by atomic mass is 9.49. The SMILES string of the molecule is CCOc1cccc(-c2ccccc2CN2CCN(c3ccc(C(=O)NCC45CC6CC(CC(C6)C4)C5)nn3)CC2)c1. The molecule has 8 rings (SSSR count). The first-order valence-corrected chi connectivity index (χ1v) is 16.0. The predicted molar refractivity (Wildman–Crippen MR) is 166 cm³/mol. The topological polar surface area (TPSA) is 70.6 Å². The Morgan fingerprint density at radius 1 is 0.905 bits per heavy atom. The molecule has 5 aliphatic rings. The number of amides is 1. The fourth-order valence-electron chi connectivity index (χ4n) is 8.72. The minimum atomic E-state index is -0.0833. The second-order valence-corrected chi connectivity index (χ2v) is 13.3. The molecule has 42 heavy (non-hydrogen) atoms. The van der Waals surface area contributed by atoms with Crippen LogP contribution in [0.3, 0.4) is 0 Å². The Morgan fingerprint density at radius 3 is 2.33 bits per heavy atom. The second-order valence-electron chi connectivity index (χ2n) is 13.3. The molecule has 7 heteroatoms. The summed E-state index contributed by atoms with van der Waals surface area (Å²) in [5.74, 6) is 4.34. The van der Waals surface area contributed by atoms with E-state index in [-0.39, 0.29) is 5.91 Å². The molecule has 0 radical (unpaired) electrons. The van der Waals surface area contributed by atoms with E-state index in [4.69, 9.17) is 4.74 Å². The van der Waals surface area contributed by atoms with Gasteiger partial charge in [0, 0.05) is 39.3 Å². The molecule has 1 aromatic heterocycles. The minimum absolute atomic E-state index is 0.0833. The fourth-order valence-corrected chi connectivity index (χ4v) is 8.72. The molecule has 4 bridgehead atoms. The van der Waals surface area contributed by atoms with E-state index < -0.39 is 0 Å². The molecule has 2 heterocycles. The van der Waals surface area contributed by atoms with Crippen molar-refractivity contribution in [3.8, 4) is 16.9 Å². The molecule has 5 fully saturated rings. The highest BCUT2D eigenvalue weighted by atomic mass is 16.5.